The Balaban J connectivity index is 0.00000261. The van der Waals surface area contributed by atoms with E-state index in [1.807, 2.05) is 0 Å². The van der Waals surface area contributed by atoms with Crippen molar-refractivity contribution in [1.82, 2.24) is 20.3 Å². The predicted molar refractivity (Wildman–Crippen MR) is 97.3 cm³/mol. The van der Waals surface area contributed by atoms with E-state index in [-0.39, 0.29) is 29.8 Å². The van der Waals surface area contributed by atoms with Gasteiger partial charge in [-0.1, -0.05) is 11.3 Å². The van der Waals surface area contributed by atoms with Gasteiger partial charge < -0.3 is 10.6 Å². The Labute approximate surface area is 160 Å². The van der Waals surface area contributed by atoms with Crippen molar-refractivity contribution in [3.05, 3.63) is 40.7 Å². The van der Waals surface area contributed by atoms with Crippen LogP contribution in [0.2, 0.25) is 0 Å². The number of carbonyl (C=O) groups excluding carboxylic acids is 1. The molecule has 1 aliphatic rings. The molecule has 0 radical (unpaired) electrons. The summed E-state index contributed by atoms with van der Waals surface area (Å²) in [5.41, 5.74) is 0.572. The number of benzene rings is 1. The maximum atomic E-state index is 12.9. The normalized spacial score (nSPS) is 15.3. The third-order valence-corrected chi connectivity index (χ3v) is 4.61. The lowest BCUT2D eigenvalue weighted by molar-refractivity contribution is -0.137. The molecule has 2 heterocycles. The molecule has 0 atom stereocenters. The maximum absolute atomic E-state index is 12.9. The van der Waals surface area contributed by atoms with Gasteiger partial charge in [0.05, 0.1) is 17.3 Å². The molecule has 0 saturated carbocycles. The van der Waals surface area contributed by atoms with Crippen LogP contribution >= 0.6 is 12.4 Å². The van der Waals surface area contributed by atoms with Crippen LogP contribution in [0.15, 0.2) is 18.2 Å². The van der Waals surface area contributed by atoms with Crippen molar-refractivity contribution in [3.8, 4) is 0 Å². The first-order valence-electron chi connectivity index (χ1n) is 8.39. The molecule has 1 aromatic carbocycles. The molecule has 1 amide bonds. The van der Waals surface area contributed by atoms with Crippen molar-refractivity contribution < 1.29 is 18.0 Å². The number of hydrogen-bond acceptors (Lipinski definition) is 4. The molecular formula is C17H21ClF3N5O. The monoisotopic (exact) mass is 403 g/mol. The Morgan fingerprint density at radius 3 is 2.56 bits per heavy atom. The van der Waals surface area contributed by atoms with Crippen LogP contribution in [0.1, 0.15) is 46.2 Å². The molecule has 27 heavy (non-hydrogen) atoms. The summed E-state index contributed by atoms with van der Waals surface area (Å²) in [5, 5.41) is 13.8. The Hall–Kier alpha value is -2.13. The summed E-state index contributed by atoms with van der Waals surface area (Å²) < 4.78 is 40.4. The second kappa shape index (κ2) is 8.26. The van der Waals surface area contributed by atoms with E-state index < -0.39 is 17.6 Å². The van der Waals surface area contributed by atoms with Crippen molar-refractivity contribution in [2.24, 2.45) is 0 Å². The van der Waals surface area contributed by atoms with E-state index in [9.17, 15) is 18.0 Å². The minimum atomic E-state index is -4.47. The number of piperidine rings is 1. The van der Waals surface area contributed by atoms with Crippen LogP contribution in [-0.2, 0) is 6.18 Å². The van der Waals surface area contributed by atoms with Crippen LogP contribution in [0, 0.1) is 13.8 Å². The summed E-state index contributed by atoms with van der Waals surface area (Å²) >= 11 is 0. The number of halogens is 4. The van der Waals surface area contributed by atoms with Gasteiger partial charge in [0.2, 0.25) is 0 Å². The average Bonchev–Trinajstić information content (AvgIpc) is 2.98. The quantitative estimate of drug-likeness (QED) is 0.822. The van der Waals surface area contributed by atoms with Gasteiger partial charge in [-0.05, 0) is 57.5 Å². The fourth-order valence-electron chi connectivity index (χ4n) is 3.06. The van der Waals surface area contributed by atoms with Crippen LogP contribution < -0.4 is 10.6 Å². The molecule has 0 spiro atoms. The summed E-state index contributed by atoms with van der Waals surface area (Å²) in [6.45, 7) is 5.12. The highest BCUT2D eigenvalue weighted by Crippen LogP contribution is 2.32. The zero-order valence-electron chi connectivity index (χ0n) is 14.9. The molecule has 1 saturated heterocycles. The highest BCUT2D eigenvalue weighted by molar-refractivity contribution is 6.04. The molecule has 2 N–H and O–H groups in total. The number of hydrogen-bond donors (Lipinski definition) is 2. The van der Waals surface area contributed by atoms with Gasteiger partial charge in [0.1, 0.15) is 0 Å². The number of rotatable bonds is 3. The molecule has 0 bridgehead atoms. The molecule has 3 rings (SSSR count). The number of anilines is 1. The number of nitrogens with one attached hydrogen (secondary N) is 2. The van der Waals surface area contributed by atoms with Crippen molar-refractivity contribution in [2.75, 3.05) is 18.4 Å². The zero-order chi connectivity index (χ0) is 18.9. The second-order valence-electron chi connectivity index (χ2n) is 6.43. The van der Waals surface area contributed by atoms with E-state index in [2.05, 4.69) is 20.9 Å². The number of amides is 1. The number of aromatic nitrogens is 3. The number of alkyl halides is 3. The second-order valence-corrected chi connectivity index (χ2v) is 6.43. The third-order valence-electron chi connectivity index (χ3n) is 4.61. The first-order valence-corrected chi connectivity index (χ1v) is 8.39. The van der Waals surface area contributed by atoms with E-state index >= 15 is 0 Å². The number of aryl methyl sites for hydroxylation is 1. The van der Waals surface area contributed by atoms with Crippen LogP contribution in [0.4, 0.5) is 18.9 Å². The van der Waals surface area contributed by atoms with Crippen molar-refractivity contribution in [3.63, 3.8) is 0 Å². The van der Waals surface area contributed by atoms with E-state index in [1.54, 1.807) is 18.5 Å². The fraction of sp³-hybridized carbons (Fsp3) is 0.471. The Kier molecular flexibility index (Phi) is 6.48. The van der Waals surface area contributed by atoms with E-state index in [4.69, 9.17) is 0 Å². The SMILES string of the molecule is Cc1ccc(C(F)(F)F)cc1NC(=O)c1nnn(C2CCNCC2)c1C.Cl. The van der Waals surface area contributed by atoms with Gasteiger partial charge in [0.25, 0.3) is 5.91 Å². The molecule has 10 heteroatoms. The molecule has 0 unspecified atom stereocenters. The molecule has 1 aromatic heterocycles. The van der Waals surface area contributed by atoms with Gasteiger partial charge in [0.15, 0.2) is 5.69 Å². The molecule has 1 fully saturated rings. The Bertz CT molecular complexity index is 815. The van der Waals surface area contributed by atoms with Crippen molar-refractivity contribution in [1.29, 1.82) is 0 Å². The molecule has 0 aliphatic carbocycles. The molecule has 148 valence electrons. The largest absolute Gasteiger partial charge is 0.416 e. The smallest absolute Gasteiger partial charge is 0.320 e. The minimum absolute atomic E-state index is 0. The minimum Gasteiger partial charge on any atom is -0.320 e. The van der Waals surface area contributed by atoms with E-state index in [1.165, 1.54) is 6.07 Å². The summed E-state index contributed by atoms with van der Waals surface area (Å²) in [4.78, 5) is 12.5. The van der Waals surface area contributed by atoms with E-state index in [0.29, 0.717) is 11.3 Å². The number of carbonyl (C=O) groups is 1. The fourth-order valence-corrected chi connectivity index (χ4v) is 3.06. The van der Waals surface area contributed by atoms with Crippen LogP contribution in [0.25, 0.3) is 0 Å². The van der Waals surface area contributed by atoms with Gasteiger partial charge in [-0.25, -0.2) is 4.68 Å². The lowest BCUT2D eigenvalue weighted by Crippen LogP contribution is -2.30. The summed E-state index contributed by atoms with van der Waals surface area (Å²) in [6, 6.07) is 3.42. The summed E-state index contributed by atoms with van der Waals surface area (Å²) in [5.74, 6) is -0.565. The zero-order valence-corrected chi connectivity index (χ0v) is 15.7. The van der Waals surface area contributed by atoms with Gasteiger partial charge in [-0.3, -0.25) is 4.79 Å². The third kappa shape index (κ3) is 4.59. The molecule has 2 aromatic rings. The van der Waals surface area contributed by atoms with Crippen LogP contribution in [-0.4, -0.2) is 34.0 Å². The average molecular weight is 404 g/mol. The molecule has 1 aliphatic heterocycles. The first kappa shape index (κ1) is 21.2. The van der Waals surface area contributed by atoms with Gasteiger partial charge in [-0.2, -0.15) is 13.2 Å². The highest BCUT2D eigenvalue weighted by atomic mass is 35.5. The maximum Gasteiger partial charge on any atom is 0.416 e. The van der Waals surface area contributed by atoms with Crippen molar-refractivity contribution >= 4 is 24.0 Å². The van der Waals surface area contributed by atoms with Crippen LogP contribution in [0.3, 0.4) is 0 Å². The van der Waals surface area contributed by atoms with Gasteiger partial charge in [-0.15, -0.1) is 17.5 Å². The first-order chi connectivity index (χ1) is 12.3. The Morgan fingerprint density at radius 1 is 1.26 bits per heavy atom. The molecule has 6 nitrogen and oxygen atoms in total. The highest BCUT2D eigenvalue weighted by Gasteiger charge is 2.31. The lowest BCUT2D eigenvalue weighted by Gasteiger charge is -2.23. The lowest BCUT2D eigenvalue weighted by atomic mass is 10.1. The summed E-state index contributed by atoms with van der Waals surface area (Å²) in [7, 11) is 0. The van der Waals surface area contributed by atoms with Crippen molar-refractivity contribution in [2.45, 2.75) is 38.9 Å². The molecular weight excluding hydrogens is 383 g/mol. The van der Waals surface area contributed by atoms with E-state index in [0.717, 1.165) is 38.1 Å². The van der Waals surface area contributed by atoms with Gasteiger partial charge >= 0.3 is 6.18 Å². The predicted octanol–water partition coefficient (Wildman–Crippen LogP) is 3.51. The Morgan fingerprint density at radius 2 is 1.93 bits per heavy atom. The standard InChI is InChI=1S/C17H20F3N5O.ClH/c1-10-3-4-12(17(18,19)20)9-14(10)22-16(26)15-11(2)25(24-23-15)13-5-7-21-8-6-13;/h3-4,9,13,21H,5-8H2,1-2H3,(H,22,26);1H. The number of nitrogens with zero attached hydrogens (tertiary/aromatic N) is 3. The summed E-state index contributed by atoms with van der Waals surface area (Å²) in [6.07, 6.45) is -2.70. The van der Waals surface area contributed by atoms with Crippen LogP contribution in [0.5, 0.6) is 0 Å². The van der Waals surface area contributed by atoms with Gasteiger partial charge in [0, 0.05) is 5.69 Å². The topological polar surface area (TPSA) is 71.8 Å².